The summed E-state index contributed by atoms with van der Waals surface area (Å²) in [7, 11) is 0. The lowest BCUT2D eigenvalue weighted by atomic mass is 10.1. The van der Waals surface area contributed by atoms with Crippen LogP contribution in [0, 0.1) is 0 Å². The molecule has 0 spiro atoms. The molecule has 0 saturated heterocycles. The second-order valence-electron chi connectivity index (χ2n) is 5.00. The molecule has 0 N–H and O–H groups in total. The topological polar surface area (TPSA) is 44.0 Å². The van der Waals surface area contributed by atoms with E-state index in [9.17, 15) is 9.59 Å². The van der Waals surface area contributed by atoms with Crippen LogP contribution in [0.5, 0.6) is 0 Å². The smallest absolute Gasteiger partial charge is 0.288 e. The van der Waals surface area contributed by atoms with Crippen molar-refractivity contribution in [1.29, 1.82) is 0 Å². The van der Waals surface area contributed by atoms with Crippen molar-refractivity contribution in [2.24, 2.45) is 0 Å². The van der Waals surface area contributed by atoms with E-state index in [4.69, 9.17) is 0 Å². The van der Waals surface area contributed by atoms with Crippen LogP contribution in [0.15, 0.2) is 51.9 Å². The molecule has 0 radical (unpaired) electrons. The third-order valence-corrected chi connectivity index (χ3v) is 4.60. The largest absolute Gasteiger partial charge is 0.331 e. The van der Waals surface area contributed by atoms with Crippen LogP contribution in [0.4, 0.5) is 0 Å². The number of nitrogens with zero attached hydrogens (tertiary/aromatic N) is 2. The first-order chi connectivity index (χ1) is 10.7. The number of benzene rings is 1. The summed E-state index contributed by atoms with van der Waals surface area (Å²) in [5.74, 6) is 0. The molecule has 0 bridgehead atoms. The molecule has 2 aromatic heterocycles. The maximum atomic E-state index is 12.6. The molecule has 2 heterocycles. The lowest BCUT2D eigenvalue weighted by Gasteiger charge is -2.11. The lowest BCUT2D eigenvalue weighted by molar-refractivity contribution is 0.620. The van der Waals surface area contributed by atoms with Gasteiger partial charge in [0.25, 0.3) is 5.56 Å². The van der Waals surface area contributed by atoms with E-state index in [0.29, 0.717) is 23.3 Å². The van der Waals surface area contributed by atoms with Crippen molar-refractivity contribution in [2.45, 2.75) is 20.0 Å². The van der Waals surface area contributed by atoms with Gasteiger partial charge in [-0.15, -0.1) is 11.3 Å². The minimum Gasteiger partial charge on any atom is -0.288 e. The van der Waals surface area contributed by atoms with Crippen LogP contribution in [-0.2, 0) is 13.1 Å². The molecule has 0 amide bonds. The van der Waals surface area contributed by atoms with Crippen LogP contribution in [0.1, 0.15) is 18.1 Å². The fourth-order valence-corrected chi connectivity index (χ4v) is 3.35. The Morgan fingerprint density at radius 1 is 1.14 bits per heavy atom. The van der Waals surface area contributed by atoms with Gasteiger partial charge < -0.3 is 0 Å². The van der Waals surface area contributed by atoms with Gasteiger partial charge >= 0.3 is 5.69 Å². The van der Waals surface area contributed by atoms with Crippen molar-refractivity contribution < 1.29 is 0 Å². The molecule has 112 valence electrons. The van der Waals surface area contributed by atoms with Gasteiger partial charge in [-0.3, -0.25) is 13.9 Å². The van der Waals surface area contributed by atoms with Gasteiger partial charge in [0.1, 0.15) is 4.70 Å². The highest BCUT2D eigenvalue weighted by Crippen LogP contribution is 2.16. The Kier molecular flexibility index (Phi) is 3.81. The number of hydrogen-bond acceptors (Lipinski definition) is 3. The minimum absolute atomic E-state index is 0.198. The highest BCUT2D eigenvalue weighted by Gasteiger charge is 2.13. The first-order valence-corrected chi connectivity index (χ1v) is 7.96. The predicted octanol–water partition coefficient (Wildman–Crippen LogP) is 2.94. The second kappa shape index (κ2) is 5.77. The van der Waals surface area contributed by atoms with Gasteiger partial charge in [-0.25, -0.2) is 4.79 Å². The molecule has 22 heavy (non-hydrogen) atoms. The molecule has 0 aliphatic rings. The molecule has 3 rings (SSSR count). The van der Waals surface area contributed by atoms with E-state index in [1.54, 1.807) is 10.6 Å². The molecule has 0 aliphatic carbocycles. The summed E-state index contributed by atoms with van der Waals surface area (Å²) in [5, 5.41) is 1.85. The number of thiophene rings is 1. The van der Waals surface area contributed by atoms with Crippen LogP contribution < -0.4 is 11.2 Å². The van der Waals surface area contributed by atoms with E-state index >= 15 is 0 Å². The fraction of sp³-hybridized carbons (Fsp3) is 0.176. The molecule has 3 aromatic rings. The van der Waals surface area contributed by atoms with Crippen molar-refractivity contribution in [3.8, 4) is 0 Å². The fourth-order valence-electron chi connectivity index (χ4n) is 2.51. The third kappa shape index (κ3) is 2.33. The summed E-state index contributed by atoms with van der Waals surface area (Å²) in [6, 6.07) is 9.72. The Bertz CT molecular complexity index is 945. The number of rotatable bonds is 4. The number of fused-ring (bicyclic) bond motifs is 1. The van der Waals surface area contributed by atoms with E-state index in [2.05, 4.69) is 6.58 Å². The van der Waals surface area contributed by atoms with Crippen molar-refractivity contribution in [3.05, 3.63) is 74.3 Å². The van der Waals surface area contributed by atoms with Crippen molar-refractivity contribution >= 4 is 27.6 Å². The molecule has 0 fully saturated rings. The zero-order valence-corrected chi connectivity index (χ0v) is 13.1. The molecule has 0 unspecified atom stereocenters. The quantitative estimate of drug-likeness (QED) is 0.743. The van der Waals surface area contributed by atoms with Gasteiger partial charge in [0.05, 0.1) is 12.1 Å². The maximum absolute atomic E-state index is 12.6. The lowest BCUT2D eigenvalue weighted by Crippen LogP contribution is -2.39. The van der Waals surface area contributed by atoms with E-state index in [1.165, 1.54) is 15.9 Å². The van der Waals surface area contributed by atoms with Crippen molar-refractivity contribution in [1.82, 2.24) is 9.13 Å². The van der Waals surface area contributed by atoms with Crippen LogP contribution in [0.25, 0.3) is 16.3 Å². The number of aromatic nitrogens is 2. The van der Waals surface area contributed by atoms with Crippen molar-refractivity contribution in [2.75, 3.05) is 0 Å². The van der Waals surface area contributed by atoms with Gasteiger partial charge in [0.2, 0.25) is 0 Å². The molecule has 4 nitrogen and oxygen atoms in total. The van der Waals surface area contributed by atoms with Crippen LogP contribution in [-0.4, -0.2) is 9.13 Å². The van der Waals surface area contributed by atoms with Gasteiger partial charge in [-0.2, -0.15) is 0 Å². The summed E-state index contributed by atoms with van der Waals surface area (Å²) in [4.78, 5) is 24.9. The van der Waals surface area contributed by atoms with Gasteiger partial charge in [-0.05, 0) is 29.5 Å². The first-order valence-electron chi connectivity index (χ1n) is 7.08. The van der Waals surface area contributed by atoms with Gasteiger partial charge in [0, 0.05) is 6.54 Å². The van der Waals surface area contributed by atoms with Crippen LogP contribution >= 0.6 is 11.3 Å². The normalized spacial score (nSPS) is 11.0. The van der Waals surface area contributed by atoms with Crippen molar-refractivity contribution in [3.63, 3.8) is 0 Å². The van der Waals surface area contributed by atoms with E-state index in [1.807, 2.05) is 42.6 Å². The highest BCUT2D eigenvalue weighted by atomic mass is 32.1. The minimum atomic E-state index is -0.258. The monoisotopic (exact) mass is 312 g/mol. The molecule has 5 heteroatoms. The molecule has 0 saturated carbocycles. The first kappa shape index (κ1) is 14.5. The summed E-state index contributed by atoms with van der Waals surface area (Å²) in [6.07, 6.45) is 1.78. The Hall–Kier alpha value is -2.40. The average molecular weight is 312 g/mol. The summed E-state index contributed by atoms with van der Waals surface area (Å²) < 4.78 is 3.58. The standard InChI is InChI=1S/C17H16N2O2S/c1-3-12-5-7-13(8-6-12)11-19-14-9-10-22-15(14)16(20)18(4-2)17(19)21/h3,5-10H,1,4,11H2,2H3. The van der Waals surface area contributed by atoms with Crippen LogP contribution in [0.2, 0.25) is 0 Å². The highest BCUT2D eigenvalue weighted by molar-refractivity contribution is 7.17. The van der Waals surface area contributed by atoms with Gasteiger partial charge in [0.15, 0.2) is 0 Å². The zero-order chi connectivity index (χ0) is 15.7. The Balaban J connectivity index is 2.17. The number of hydrogen-bond donors (Lipinski definition) is 0. The summed E-state index contributed by atoms with van der Waals surface area (Å²) >= 11 is 1.38. The summed E-state index contributed by atoms with van der Waals surface area (Å²) in [6.45, 7) is 6.37. The predicted molar refractivity (Wildman–Crippen MR) is 91.7 cm³/mol. The summed E-state index contributed by atoms with van der Waals surface area (Å²) in [5.41, 5.74) is 2.30. The average Bonchev–Trinajstić information content (AvgIpc) is 3.02. The van der Waals surface area contributed by atoms with E-state index < -0.39 is 0 Å². The van der Waals surface area contributed by atoms with E-state index in [0.717, 1.165) is 11.1 Å². The Labute approximate surface area is 131 Å². The molecule has 0 atom stereocenters. The molecule has 1 aromatic carbocycles. The Morgan fingerprint density at radius 2 is 1.86 bits per heavy atom. The molecule has 0 aliphatic heterocycles. The maximum Gasteiger partial charge on any atom is 0.331 e. The van der Waals surface area contributed by atoms with E-state index in [-0.39, 0.29) is 11.2 Å². The second-order valence-corrected chi connectivity index (χ2v) is 5.91. The zero-order valence-electron chi connectivity index (χ0n) is 12.3. The van der Waals surface area contributed by atoms with Gasteiger partial charge in [-0.1, -0.05) is 36.9 Å². The molecular weight excluding hydrogens is 296 g/mol. The molecular formula is C17H16N2O2S. The van der Waals surface area contributed by atoms with Crippen LogP contribution in [0.3, 0.4) is 0 Å². The Morgan fingerprint density at radius 3 is 2.50 bits per heavy atom. The SMILES string of the molecule is C=Cc1ccc(Cn2c(=O)n(CC)c(=O)c3sccc32)cc1. The third-order valence-electron chi connectivity index (χ3n) is 3.71.